The van der Waals surface area contributed by atoms with Gasteiger partial charge in [0.15, 0.2) is 0 Å². The highest BCUT2D eigenvalue weighted by atomic mass is 35.5. The third kappa shape index (κ3) is 5.32. The minimum absolute atomic E-state index is 0.0176. The molecule has 162 valence electrons. The van der Waals surface area contributed by atoms with E-state index in [2.05, 4.69) is 24.1 Å². The van der Waals surface area contributed by atoms with Crippen molar-refractivity contribution in [3.63, 3.8) is 0 Å². The Morgan fingerprint density at radius 3 is 2.24 bits per heavy atom. The molecule has 1 aromatic carbocycles. The number of rotatable bonds is 6. The summed E-state index contributed by atoms with van der Waals surface area (Å²) in [6, 6.07) is 4.50. The third-order valence-electron chi connectivity index (χ3n) is 6.02. The van der Waals surface area contributed by atoms with E-state index in [9.17, 15) is 13.2 Å². The Morgan fingerprint density at radius 1 is 1.03 bits per heavy atom. The van der Waals surface area contributed by atoms with Gasteiger partial charge in [-0.2, -0.15) is 4.31 Å². The molecule has 1 aromatic rings. The monoisotopic (exact) mass is 441 g/mol. The van der Waals surface area contributed by atoms with E-state index in [-0.39, 0.29) is 21.4 Å². The van der Waals surface area contributed by atoms with Gasteiger partial charge in [0.25, 0.3) is 5.91 Å². The summed E-state index contributed by atoms with van der Waals surface area (Å²) in [5.41, 5.74) is 0.171. The molecule has 2 aliphatic heterocycles. The number of nitrogens with zero attached hydrogens (tertiary/aromatic N) is 2. The first kappa shape index (κ1) is 22.5. The molecule has 2 aliphatic rings. The Balaban J connectivity index is 1.72. The van der Waals surface area contributed by atoms with E-state index < -0.39 is 10.0 Å². The number of likely N-dealkylation sites (tertiary alicyclic amines) is 1. The molecule has 1 N–H and O–H groups in total. The van der Waals surface area contributed by atoms with Gasteiger partial charge in [-0.15, -0.1) is 0 Å². The average molecular weight is 442 g/mol. The minimum atomic E-state index is -3.70. The summed E-state index contributed by atoms with van der Waals surface area (Å²) in [5.74, 6) is -0.276. The molecule has 0 spiro atoms. The van der Waals surface area contributed by atoms with E-state index in [1.165, 1.54) is 35.7 Å². The lowest BCUT2D eigenvalue weighted by molar-refractivity contribution is 0.0797. The second-order valence-electron chi connectivity index (χ2n) is 8.65. The lowest BCUT2D eigenvalue weighted by atomic mass is 9.98. The zero-order valence-corrected chi connectivity index (χ0v) is 19.0. The Labute approximate surface area is 179 Å². The van der Waals surface area contributed by atoms with Crippen LogP contribution in [0.2, 0.25) is 5.02 Å². The first-order valence-corrected chi connectivity index (χ1v) is 12.4. The van der Waals surface area contributed by atoms with Gasteiger partial charge in [0.05, 0.1) is 5.02 Å². The molecule has 1 amide bonds. The van der Waals surface area contributed by atoms with Crippen LogP contribution in [0, 0.1) is 0 Å². The van der Waals surface area contributed by atoms with Crippen molar-refractivity contribution in [2.24, 2.45) is 0 Å². The standard InChI is InChI=1S/C21H32ClN3O3S/c1-21(2,24-11-5-3-6-12-24)16-23-20(26)17-9-10-18(22)19(15-17)29(27,28)25-13-7-4-8-14-25/h9-10,15H,3-8,11-14,16H2,1-2H3,(H,23,26). The van der Waals surface area contributed by atoms with Gasteiger partial charge >= 0.3 is 0 Å². The van der Waals surface area contributed by atoms with E-state index in [1.807, 2.05) is 0 Å². The molecule has 2 saturated heterocycles. The van der Waals surface area contributed by atoms with Crippen LogP contribution in [0.25, 0.3) is 0 Å². The molecule has 0 saturated carbocycles. The quantitative estimate of drug-likeness (QED) is 0.733. The molecule has 6 nitrogen and oxygen atoms in total. The normalized spacial score (nSPS) is 19.8. The van der Waals surface area contributed by atoms with Crippen molar-refractivity contribution in [2.45, 2.75) is 62.8 Å². The molecule has 2 heterocycles. The summed E-state index contributed by atoms with van der Waals surface area (Å²) in [7, 11) is -3.70. The summed E-state index contributed by atoms with van der Waals surface area (Å²) < 4.78 is 27.5. The van der Waals surface area contributed by atoms with Crippen molar-refractivity contribution >= 4 is 27.5 Å². The Morgan fingerprint density at radius 2 is 1.62 bits per heavy atom. The molecule has 29 heavy (non-hydrogen) atoms. The van der Waals surface area contributed by atoms with Crippen LogP contribution in [0.5, 0.6) is 0 Å². The largest absolute Gasteiger partial charge is 0.350 e. The number of nitrogens with one attached hydrogen (secondary N) is 1. The highest BCUT2D eigenvalue weighted by molar-refractivity contribution is 7.89. The van der Waals surface area contributed by atoms with Crippen LogP contribution in [0.1, 0.15) is 62.7 Å². The van der Waals surface area contributed by atoms with Gasteiger partial charge in [0.2, 0.25) is 10.0 Å². The molecule has 0 bridgehead atoms. The number of benzene rings is 1. The van der Waals surface area contributed by atoms with Crippen molar-refractivity contribution < 1.29 is 13.2 Å². The van der Waals surface area contributed by atoms with Crippen molar-refractivity contribution in [1.82, 2.24) is 14.5 Å². The number of piperidine rings is 2. The smallest absolute Gasteiger partial charge is 0.251 e. The van der Waals surface area contributed by atoms with Crippen molar-refractivity contribution in [3.05, 3.63) is 28.8 Å². The number of sulfonamides is 1. The topological polar surface area (TPSA) is 69.7 Å². The van der Waals surface area contributed by atoms with Gasteiger partial charge in [0, 0.05) is 30.7 Å². The SMILES string of the molecule is CC(C)(CNC(=O)c1ccc(Cl)c(S(=O)(=O)N2CCCCC2)c1)N1CCCCC1. The van der Waals surface area contributed by atoms with Gasteiger partial charge in [-0.3, -0.25) is 9.69 Å². The summed E-state index contributed by atoms with van der Waals surface area (Å²) in [6.45, 7) is 7.85. The summed E-state index contributed by atoms with van der Waals surface area (Å²) in [5, 5.41) is 3.14. The average Bonchev–Trinajstić information content (AvgIpc) is 2.73. The number of hydrogen-bond donors (Lipinski definition) is 1. The summed E-state index contributed by atoms with van der Waals surface area (Å²) >= 11 is 6.21. The minimum Gasteiger partial charge on any atom is -0.350 e. The molecular formula is C21H32ClN3O3S. The van der Waals surface area contributed by atoms with Crippen LogP contribution in [0.4, 0.5) is 0 Å². The number of amides is 1. The molecular weight excluding hydrogens is 410 g/mol. The molecule has 3 rings (SSSR count). The van der Waals surface area contributed by atoms with E-state index >= 15 is 0 Å². The maximum atomic E-state index is 13.0. The van der Waals surface area contributed by atoms with Crippen LogP contribution in [0.15, 0.2) is 23.1 Å². The molecule has 0 radical (unpaired) electrons. The second-order valence-corrected chi connectivity index (χ2v) is 11.0. The molecule has 0 aromatic heterocycles. The van der Waals surface area contributed by atoms with Gasteiger partial charge in [-0.25, -0.2) is 8.42 Å². The maximum absolute atomic E-state index is 13.0. The Hall–Kier alpha value is -1.15. The number of carbonyl (C=O) groups is 1. The van der Waals surface area contributed by atoms with Gasteiger partial charge in [-0.1, -0.05) is 24.4 Å². The molecule has 0 aliphatic carbocycles. The molecule has 0 atom stereocenters. The van der Waals surface area contributed by atoms with Crippen LogP contribution in [-0.4, -0.2) is 61.8 Å². The second kappa shape index (κ2) is 9.33. The third-order valence-corrected chi connectivity index (χ3v) is 8.40. The Kier molecular flexibility index (Phi) is 7.25. The highest BCUT2D eigenvalue weighted by Crippen LogP contribution is 2.28. The number of halogens is 1. The molecule has 2 fully saturated rings. The molecule has 0 unspecified atom stereocenters. The van der Waals surface area contributed by atoms with Gasteiger partial charge in [-0.05, 0) is 70.8 Å². The molecule has 8 heteroatoms. The van der Waals surface area contributed by atoms with Gasteiger partial charge < -0.3 is 5.32 Å². The fourth-order valence-corrected chi connectivity index (χ4v) is 6.11. The van der Waals surface area contributed by atoms with Gasteiger partial charge in [0.1, 0.15) is 4.90 Å². The summed E-state index contributed by atoms with van der Waals surface area (Å²) in [6.07, 6.45) is 6.37. The maximum Gasteiger partial charge on any atom is 0.251 e. The zero-order valence-electron chi connectivity index (χ0n) is 17.4. The summed E-state index contributed by atoms with van der Waals surface area (Å²) in [4.78, 5) is 15.2. The highest BCUT2D eigenvalue weighted by Gasteiger charge is 2.30. The first-order chi connectivity index (χ1) is 13.7. The van der Waals surface area contributed by atoms with Crippen molar-refractivity contribution in [2.75, 3.05) is 32.7 Å². The zero-order chi connectivity index (χ0) is 21.1. The number of carbonyl (C=O) groups excluding carboxylic acids is 1. The Bertz CT molecular complexity index is 830. The van der Waals surface area contributed by atoms with Crippen LogP contribution < -0.4 is 5.32 Å². The van der Waals surface area contributed by atoms with E-state index in [1.54, 1.807) is 6.07 Å². The first-order valence-electron chi connectivity index (χ1n) is 10.5. The van der Waals surface area contributed by atoms with Crippen LogP contribution >= 0.6 is 11.6 Å². The number of hydrogen-bond acceptors (Lipinski definition) is 4. The fraction of sp³-hybridized carbons (Fsp3) is 0.667. The van der Waals surface area contributed by atoms with E-state index in [4.69, 9.17) is 11.6 Å². The van der Waals surface area contributed by atoms with Crippen molar-refractivity contribution in [3.8, 4) is 0 Å². The van der Waals surface area contributed by atoms with Crippen LogP contribution in [0.3, 0.4) is 0 Å². The van der Waals surface area contributed by atoms with Crippen molar-refractivity contribution in [1.29, 1.82) is 0 Å². The lowest BCUT2D eigenvalue weighted by Crippen LogP contribution is -2.53. The predicted octanol–water partition coefficient (Wildman–Crippen LogP) is 3.51. The van der Waals surface area contributed by atoms with Crippen LogP contribution in [-0.2, 0) is 10.0 Å². The van der Waals surface area contributed by atoms with E-state index in [0.717, 1.165) is 32.4 Å². The predicted molar refractivity (Wildman–Crippen MR) is 116 cm³/mol. The fourth-order valence-electron chi connectivity index (χ4n) is 4.10. The lowest BCUT2D eigenvalue weighted by Gasteiger charge is -2.41. The van der Waals surface area contributed by atoms with E-state index in [0.29, 0.717) is 25.2 Å².